The van der Waals surface area contributed by atoms with Gasteiger partial charge in [-0.1, -0.05) is 26.7 Å². The van der Waals surface area contributed by atoms with Crippen LogP contribution in [0.15, 0.2) is 0 Å². The molecule has 2 N–H and O–H groups in total. The molecular weight excluding hydrogens is 212 g/mol. The van der Waals surface area contributed by atoms with Gasteiger partial charge in [0.15, 0.2) is 0 Å². The number of nitrogens with two attached hydrogens (primary N) is 1. The Hall–Kier alpha value is -0.130. The van der Waals surface area contributed by atoms with Crippen molar-refractivity contribution < 1.29 is 8.42 Å². The Bertz CT molecular complexity index is 244. The van der Waals surface area contributed by atoms with Crippen LogP contribution in [0.3, 0.4) is 0 Å². The minimum atomic E-state index is -3.44. The Labute approximate surface area is 93.9 Å². The summed E-state index contributed by atoms with van der Waals surface area (Å²) in [5.41, 5.74) is 0. The van der Waals surface area contributed by atoms with Crippen molar-refractivity contribution in [2.45, 2.75) is 51.8 Å². The van der Waals surface area contributed by atoms with Gasteiger partial charge in [-0.3, -0.25) is 4.90 Å². The van der Waals surface area contributed by atoms with E-state index in [4.69, 9.17) is 5.14 Å². The molecule has 0 saturated carbocycles. The molecule has 0 amide bonds. The van der Waals surface area contributed by atoms with E-state index in [1.807, 2.05) is 4.90 Å². The molecule has 0 aromatic heterocycles. The third kappa shape index (κ3) is 6.12. The maximum Gasteiger partial charge on any atom is 0.225 e. The monoisotopic (exact) mass is 236 g/mol. The maximum absolute atomic E-state index is 11.2. The molecule has 0 saturated heterocycles. The molecule has 0 fully saturated rings. The van der Waals surface area contributed by atoms with Crippen LogP contribution >= 0.6 is 0 Å². The minimum absolute atomic E-state index is 0.560. The fourth-order valence-electron chi connectivity index (χ4n) is 1.41. The van der Waals surface area contributed by atoms with Gasteiger partial charge in [0.2, 0.25) is 10.0 Å². The average molecular weight is 236 g/mol. The fourth-order valence-corrected chi connectivity index (χ4v) is 2.03. The van der Waals surface area contributed by atoms with Crippen LogP contribution < -0.4 is 5.14 Å². The summed E-state index contributed by atoms with van der Waals surface area (Å²) < 4.78 is 22.5. The number of hydrogen-bond acceptors (Lipinski definition) is 3. The van der Waals surface area contributed by atoms with Crippen molar-refractivity contribution in [2.75, 3.05) is 13.1 Å². The Balaban J connectivity index is 4.33. The first-order valence-corrected chi connectivity index (χ1v) is 7.30. The smallest absolute Gasteiger partial charge is 0.225 e. The lowest BCUT2D eigenvalue weighted by Gasteiger charge is -2.27. The van der Waals surface area contributed by atoms with Gasteiger partial charge in [0.1, 0.15) is 5.37 Å². The van der Waals surface area contributed by atoms with Crippen LogP contribution in [0, 0.1) is 0 Å². The topological polar surface area (TPSA) is 63.4 Å². The molecule has 1 unspecified atom stereocenters. The van der Waals surface area contributed by atoms with Gasteiger partial charge < -0.3 is 0 Å². The molecule has 0 radical (unpaired) electrons. The zero-order valence-corrected chi connectivity index (χ0v) is 10.9. The molecule has 0 aliphatic rings. The SMILES string of the molecule is CCCCN(CCCC)C(C)S(N)(=O)=O. The highest BCUT2D eigenvalue weighted by Crippen LogP contribution is 2.08. The summed E-state index contributed by atoms with van der Waals surface area (Å²) in [6, 6.07) is 0. The first-order chi connectivity index (χ1) is 6.93. The van der Waals surface area contributed by atoms with E-state index in [1.54, 1.807) is 6.92 Å². The molecule has 0 aliphatic carbocycles. The molecule has 0 aliphatic heterocycles. The molecule has 0 heterocycles. The van der Waals surface area contributed by atoms with Gasteiger partial charge >= 0.3 is 0 Å². The number of sulfonamides is 1. The quantitative estimate of drug-likeness (QED) is 0.695. The minimum Gasteiger partial charge on any atom is -0.286 e. The van der Waals surface area contributed by atoms with E-state index in [-0.39, 0.29) is 0 Å². The van der Waals surface area contributed by atoms with Crippen LogP contribution in [0.25, 0.3) is 0 Å². The van der Waals surface area contributed by atoms with E-state index in [9.17, 15) is 8.42 Å². The number of nitrogens with zero attached hydrogens (tertiary/aromatic N) is 1. The summed E-state index contributed by atoms with van der Waals surface area (Å²) in [7, 11) is -3.44. The molecular formula is C10H24N2O2S. The molecule has 0 bridgehead atoms. The van der Waals surface area contributed by atoms with E-state index < -0.39 is 15.4 Å². The molecule has 0 rings (SSSR count). The van der Waals surface area contributed by atoms with Crippen LogP contribution in [0.2, 0.25) is 0 Å². The zero-order valence-electron chi connectivity index (χ0n) is 10.1. The largest absolute Gasteiger partial charge is 0.286 e. The van der Waals surface area contributed by atoms with Crippen molar-refractivity contribution in [3.05, 3.63) is 0 Å². The van der Waals surface area contributed by atoms with Gasteiger partial charge in [0.05, 0.1) is 0 Å². The third-order valence-corrected chi connectivity index (χ3v) is 3.84. The highest BCUT2D eigenvalue weighted by molar-refractivity contribution is 7.89. The van der Waals surface area contributed by atoms with Gasteiger partial charge in [0, 0.05) is 0 Å². The number of unbranched alkanes of at least 4 members (excludes halogenated alkanes) is 2. The third-order valence-electron chi connectivity index (χ3n) is 2.59. The fraction of sp³-hybridized carbons (Fsp3) is 1.00. The zero-order chi connectivity index (χ0) is 11.9. The first kappa shape index (κ1) is 14.9. The molecule has 4 nitrogen and oxygen atoms in total. The summed E-state index contributed by atoms with van der Waals surface area (Å²) in [5.74, 6) is 0. The van der Waals surface area contributed by atoms with Crippen LogP contribution in [-0.2, 0) is 10.0 Å². The molecule has 0 aromatic carbocycles. The van der Waals surface area contributed by atoms with Gasteiger partial charge in [-0.05, 0) is 32.9 Å². The van der Waals surface area contributed by atoms with Crippen molar-refractivity contribution in [1.29, 1.82) is 0 Å². The predicted molar refractivity (Wildman–Crippen MR) is 64.0 cm³/mol. The van der Waals surface area contributed by atoms with Crippen molar-refractivity contribution in [2.24, 2.45) is 5.14 Å². The van der Waals surface area contributed by atoms with Gasteiger partial charge in [0.25, 0.3) is 0 Å². The second kappa shape index (κ2) is 7.19. The summed E-state index contributed by atoms with van der Waals surface area (Å²) in [6.45, 7) is 7.49. The van der Waals surface area contributed by atoms with Crippen molar-refractivity contribution in [3.8, 4) is 0 Å². The second-order valence-corrected chi connectivity index (χ2v) is 5.79. The van der Waals surface area contributed by atoms with Crippen molar-refractivity contribution in [3.63, 3.8) is 0 Å². The maximum atomic E-state index is 11.2. The molecule has 1 atom stereocenters. The van der Waals surface area contributed by atoms with Gasteiger partial charge in [-0.15, -0.1) is 0 Å². The molecule has 5 heteroatoms. The summed E-state index contributed by atoms with van der Waals surface area (Å²) in [4.78, 5) is 1.96. The van der Waals surface area contributed by atoms with Crippen LogP contribution in [0.4, 0.5) is 0 Å². The first-order valence-electron chi connectivity index (χ1n) is 5.69. The van der Waals surface area contributed by atoms with E-state index >= 15 is 0 Å². The predicted octanol–water partition coefficient (Wildman–Crippen LogP) is 1.52. The lowest BCUT2D eigenvalue weighted by molar-refractivity contribution is 0.250. The van der Waals surface area contributed by atoms with Crippen LogP contribution in [-0.4, -0.2) is 31.8 Å². The average Bonchev–Trinajstić information content (AvgIpc) is 2.16. The molecule has 0 spiro atoms. The lowest BCUT2D eigenvalue weighted by atomic mass is 10.2. The van der Waals surface area contributed by atoms with E-state index in [0.29, 0.717) is 0 Å². The van der Waals surface area contributed by atoms with E-state index in [0.717, 1.165) is 38.8 Å². The second-order valence-electron chi connectivity index (χ2n) is 3.93. The highest BCUT2D eigenvalue weighted by Gasteiger charge is 2.22. The van der Waals surface area contributed by atoms with Gasteiger partial charge in [-0.25, -0.2) is 13.6 Å². The molecule has 92 valence electrons. The van der Waals surface area contributed by atoms with E-state index in [2.05, 4.69) is 13.8 Å². The summed E-state index contributed by atoms with van der Waals surface area (Å²) >= 11 is 0. The molecule has 0 aromatic rings. The number of rotatable bonds is 8. The Morgan fingerprint density at radius 3 is 1.80 bits per heavy atom. The standard InChI is InChI=1S/C10H24N2O2S/c1-4-6-8-12(9-7-5-2)10(3)15(11,13)14/h10H,4-9H2,1-3H3,(H2,11,13,14). The van der Waals surface area contributed by atoms with Crippen LogP contribution in [0.1, 0.15) is 46.5 Å². The summed E-state index contributed by atoms with van der Waals surface area (Å²) in [6.07, 6.45) is 4.17. The van der Waals surface area contributed by atoms with Crippen molar-refractivity contribution in [1.82, 2.24) is 4.90 Å². The van der Waals surface area contributed by atoms with E-state index in [1.165, 1.54) is 0 Å². The van der Waals surface area contributed by atoms with Crippen LogP contribution in [0.5, 0.6) is 0 Å². The lowest BCUT2D eigenvalue weighted by Crippen LogP contribution is -2.43. The highest BCUT2D eigenvalue weighted by atomic mass is 32.2. The number of primary sulfonamides is 1. The molecule has 15 heavy (non-hydrogen) atoms. The normalized spacial score (nSPS) is 14.5. The Morgan fingerprint density at radius 2 is 1.53 bits per heavy atom. The Kier molecular flexibility index (Phi) is 7.13. The van der Waals surface area contributed by atoms with Crippen molar-refractivity contribution >= 4 is 10.0 Å². The number of hydrogen-bond donors (Lipinski definition) is 1. The van der Waals surface area contributed by atoms with Gasteiger partial charge in [-0.2, -0.15) is 0 Å². The Morgan fingerprint density at radius 1 is 1.13 bits per heavy atom. The summed E-state index contributed by atoms with van der Waals surface area (Å²) in [5, 5.41) is 4.59.